The zero-order valence-corrected chi connectivity index (χ0v) is 9.90. The molecule has 1 radical (unpaired) electrons. The lowest BCUT2D eigenvalue weighted by atomic mass is 9.76. The van der Waals surface area contributed by atoms with Gasteiger partial charge in [-0.3, -0.25) is 4.99 Å². The Kier molecular flexibility index (Phi) is 3.97. The topological polar surface area (TPSA) is 41.8 Å². The number of rotatable bonds is 4. The molecule has 0 saturated heterocycles. The molecule has 4 heteroatoms. The first-order valence-electron chi connectivity index (χ1n) is 5.34. The molecule has 0 aromatic carbocycles. The van der Waals surface area contributed by atoms with E-state index in [1.54, 1.807) is 13.7 Å². The van der Waals surface area contributed by atoms with Crippen LogP contribution in [0, 0.1) is 5.92 Å². The van der Waals surface area contributed by atoms with Crippen molar-refractivity contribution in [2.75, 3.05) is 0 Å². The van der Waals surface area contributed by atoms with Crippen molar-refractivity contribution in [3.63, 3.8) is 0 Å². The van der Waals surface area contributed by atoms with Gasteiger partial charge in [0, 0.05) is 24.1 Å². The summed E-state index contributed by atoms with van der Waals surface area (Å²) in [6, 6.07) is 0. The van der Waals surface area contributed by atoms with Crippen LogP contribution in [-0.4, -0.2) is 24.4 Å². The summed E-state index contributed by atoms with van der Waals surface area (Å²) in [5.74, 6) is 0.830. The second-order valence-electron chi connectivity index (χ2n) is 4.80. The van der Waals surface area contributed by atoms with Crippen molar-refractivity contribution in [3.05, 3.63) is 12.0 Å². The molecule has 3 nitrogen and oxygen atoms in total. The summed E-state index contributed by atoms with van der Waals surface area (Å²) in [6.07, 6.45) is 3.84. The lowest BCUT2D eigenvalue weighted by molar-refractivity contribution is 0.0630. The molecule has 0 aromatic heterocycles. The third kappa shape index (κ3) is 3.70. The minimum absolute atomic E-state index is 0.0769. The Morgan fingerprint density at radius 3 is 2.80 bits per heavy atom. The van der Waals surface area contributed by atoms with Crippen LogP contribution >= 0.6 is 0 Å². The van der Waals surface area contributed by atoms with Gasteiger partial charge >= 0.3 is 7.48 Å². The molecule has 0 saturated carbocycles. The van der Waals surface area contributed by atoms with Gasteiger partial charge in [0.05, 0.1) is 6.20 Å². The van der Waals surface area contributed by atoms with Crippen molar-refractivity contribution in [3.8, 4) is 0 Å². The fraction of sp³-hybridized carbons (Fsp3) is 0.727. The first kappa shape index (κ1) is 12.3. The van der Waals surface area contributed by atoms with Crippen LogP contribution in [0.3, 0.4) is 0 Å². The molecule has 1 unspecified atom stereocenters. The van der Waals surface area contributed by atoms with E-state index in [0.29, 0.717) is 18.1 Å². The second kappa shape index (κ2) is 4.84. The van der Waals surface area contributed by atoms with Crippen molar-refractivity contribution >= 4 is 13.7 Å². The molecule has 83 valence electrons. The predicted molar refractivity (Wildman–Crippen MR) is 63.3 cm³/mol. The maximum atomic E-state index is 9.29. The highest BCUT2D eigenvalue weighted by Crippen LogP contribution is 2.24. The van der Waals surface area contributed by atoms with Crippen molar-refractivity contribution in [2.45, 2.75) is 45.5 Å². The van der Waals surface area contributed by atoms with Crippen LogP contribution in [0.5, 0.6) is 0 Å². The van der Waals surface area contributed by atoms with Crippen LogP contribution in [0.2, 0.25) is 5.82 Å². The maximum Gasteiger partial charge on any atom is 0.302 e. The molecular formula is C11H19BNO2. The fourth-order valence-corrected chi connectivity index (χ4v) is 1.07. The summed E-state index contributed by atoms with van der Waals surface area (Å²) in [5.41, 5.74) is -0.176. The van der Waals surface area contributed by atoms with E-state index in [0.717, 1.165) is 0 Å². The van der Waals surface area contributed by atoms with E-state index in [2.05, 4.69) is 32.7 Å². The van der Waals surface area contributed by atoms with E-state index >= 15 is 0 Å². The van der Waals surface area contributed by atoms with Gasteiger partial charge in [0.25, 0.3) is 0 Å². The molecule has 1 aliphatic rings. The molecular weight excluding hydrogens is 189 g/mol. The van der Waals surface area contributed by atoms with Crippen LogP contribution in [0.4, 0.5) is 0 Å². The highest BCUT2D eigenvalue weighted by molar-refractivity contribution is 6.35. The Bertz CT molecular complexity index is 272. The molecule has 0 spiro atoms. The maximum absolute atomic E-state index is 9.29. The average molecular weight is 208 g/mol. The van der Waals surface area contributed by atoms with Crippen molar-refractivity contribution in [2.24, 2.45) is 10.9 Å². The zero-order valence-electron chi connectivity index (χ0n) is 9.90. The average Bonchev–Trinajstić information content (AvgIpc) is 2.15. The highest BCUT2D eigenvalue weighted by atomic mass is 16.5. The summed E-state index contributed by atoms with van der Waals surface area (Å²) in [5, 5.41) is 9.29. The van der Waals surface area contributed by atoms with Gasteiger partial charge in [-0.2, -0.15) is 0 Å². The summed E-state index contributed by atoms with van der Waals surface area (Å²) >= 11 is 0. The number of allylic oxidation sites excluding steroid dienone is 1. The number of hydrogen-bond acceptors (Lipinski definition) is 3. The number of aliphatic hydroxyl groups is 1. The lowest BCUT2D eigenvalue weighted by Crippen LogP contribution is -2.34. The number of nitrogens with zero attached hydrogens (tertiary/aromatic N) is 1. The van der Waals surface area contributed by atoms with Gasteiger partial charge in [-0.15, -0.1) is 0 Å². The molecule has 1 rings (SSSR count). The van der Waals surface area contributed by atoms with Crippen LogP contribution in [0.25, 0.3) is 0 Å². The van der Waals surface area contributed by atoms with E-state index in [1.807, 2.05) is 0 Å². The number of aliphatic imine (C=N–C) groups is 1. The highest BCUT2D eigenvalue weighted by Gasteiger charge is 2.25. The van der Waals surface area contributed by atoms with Crippen molar-refractivity contribution in [1.82, 2.24) is 0 Å². The van der Waals surface area contributed by atoms with Gasteiger partial charge in [-0.1, -0.05) is 13.8 Å². The Hall–Kier alpha value is -0.765. The minimum atomic E-state index is -0.176. The van der Waals surface area contributed by atoms with E-state index < -0.39 is 0 Å². The van der Waals surface area contributed by atoms with E-state index in [9.17, 15) is 5.11 Å². The van der Waals surface area contributed by atoms with Gasteiger partial charge in [0.2, 0.25) is 0 Å². The molecule has 1 N–H and O–H groups in total. The van der Waals surface area contributed by atoms with Crippen molar-refractivity contribution < 1.29 is 9.76 Å². The normalized spacial score (nSPS) is 21.7. The number of hydrogen-bond donors (Lipinski definition) is 1. The molecule has 0 amide bonds. The molecule has 1 heterocycles. The Morgan fingerprint density at radius 2 is 2.27 bits per heavy atom. The molecule has 1 atom stereocenters. The lowest BCUT2D eigenvalue weighted by Gasteiger charge is -2.31. The van der Waals surface area contributed by atoms with Gasteiger partial charge in [0.15, 0.2) is 0 Å². The van der Waals surface area contributed by atoms with Crippen molar-refractivity contribution in [1.29, 1.82) is 0 Å². The summed E-state index contributed by atoms with van der Waals surface area (Å²) in [7, 11) is 1.77. The fourth-order valence-electron chi connectivity index (χ4n) is 1.07. The Morgan fingerprint density at radius 1 is 1.60 bits per heavy atom. The Balaban J connectivity index is 2.39. The molecule has 0 bridgehead atoms. The molecule has 15 heavy (non-hydrogen) atoms. The summed E-state index contributed by atoms with van der Waals surface area (Å²) in [4.78, 5) is 3.94. The smallest absolute Gasteiger partial charge is 0.302 e. The van der Waals surface area contributed by atoms with Gasteiger partial charge in [0.1, 0.15) is 5.76 Å². The van der Waals surface area contributed by atoms with Crippen LogP contribution < -0.4 is 0 Å². The Labute approximate surface area is 92.5 Å². The predicted octanol–water partition coefficient (Wildman–Crippen LogP) is 2.72. The third-order valence-electron chi connectivity index (χ3n) is 2.88. The summed E-state index contributed by atoms with van der Waals surface area (Å²) in [6.45, 7) is 8.37. The molecule has 0 aliphatic carbocycles. The van der Waals surface area contributed by atoms with E-state index in [1.165, 1.54) is 6.20 Å². The molecule has 0 aromatic rings. The summed E-state index contributed by atoms with van der Waals surface area (Å²) < 4.78 is 5.72. The van der Waals surface area contributed by atoms with E-state index in [4.69, 9.17) is 4.65 Å². The van der Waals surface area contributed by atoms with Gasteiger partial charge in [-0.05, 0) is 19.8 Å². The second-order valence-corrected chi connectivity index (χ2v) is 4.80. The number of aliphatic hydroxyl groups excluding tert-OH is 1. The van der Waals surface area contributed by atoms with Crippen LogP contribution in [-0.2, 0) is 4.65 Å². The van der Waals surface area contributed by atoms with Crippen LogP contribution in [0.15, 0.2) is 17.0 Å². The third-order valence-corrected chi connectivity index (χ3v) is 2.88. The molecule has 0 fully saturated rings. The van der Waals surface area contributed by atoms with Gasteiger partial charge in [-0.25, -0.2) is 0 Å². The van der Waals surface area contributed by atoms with E-state index in [-0.39, 0.29) is 11.4 Å². The minimum Gasteiger partial charge on any atom is -0.511 e. The van der Waals surface area contributed by atoms with Gasteiger partial charge < -0.3 is 9.76 Å². The first-order chi connectivity index (χ1) is 6.92. The SMILES string of the molecule is CC(C)C(C)(C)O[B]C1C=NC=C(O)C1. The largest absolute Gasteiger partial charge is 0.511 e. The quantitative estimate of drug-likeness (QED) is 0.721. The monoisotopic (exact) mass is 208 g/mol. The first-order valence-corrected chi connectivity index (χ1v) is 5.34. The van der Waals surface area contributed by atoms with Crippen LogP contribution in [0.1, 0.15) is 34.1 Å². The standard InChI is InChI=1S/C11H19BNO2/c1-8(2)11(3,4)15-12-9-5-10(14)7-13-6-9/h6-9,14H,5H2,1-4H3. The zero-order chi connectivity index (χ0) is 11.5. The molecule has 1 aliphatic heterocycles.